The van der Waals surface area contributed by atoms with Gasteiger partial charge >= 0.3 is 5.69 Å². The van der Waals surface area contributed by atoms with E-state index >= 15 is 0 Å². The van der Waals surface area contributed by atoms with Gasteiger partial charge in [0.25, 0.3) is 0 Å². The molecule has 7 nitrogen and oxygen atoms in total. The molecule has 34 heavy (non-hydrogen) atoms. The molecule has 0 bridgehead atoms. The highest BCUT2D eigenvalue weighted by Crippen LogP contribution is 2.37. The fraction of sp³-hybridized carbons (Fsp3) is 0.0455. The molecule has 0 aliphatic heterocycles. The van der Waals surface area contributed by atoms with Gasteiger partial charge in [0.2, 0.25) is 15.8 Å². The van der Waals surface area contributed by atoms with Crippen LogP contribution in [0.4, 0.5) is 14.5 Å². The number of carbonyl (C=O) groups excluding carboxylic acids is 1. The molecule has 12 heteroatoms. The minimum Gasteiger partial charge on any atom is -0.288 e. The summed E-state index contributed by atoms with van der Waals surface area (Å²) in [6.45, 7) is 0. The van der Waals surface area contributed by atoms with Gasteiger partial charge in [-0.1, -0.05) is 18.2 Å². The first-order valence-corrected chi connectivity index (χ1v) is 13.0. The van der Waals surface area contributed by atoms with E-state index in [0.717, 1.165) is 29.5 Å². The maximum Gasteiger partial charge on any atom is 0.305 e. The number of nitro groups is 1. The van der Waals surface area contributed by atoms with Crippen LogP contribution in [0.5, 0.6) is 0 Å². The lowest BCUT2D eigenvalue weighted by molar-refractivity contribution is -0.387. The molecule has 0 radical (unpaired) electrons. The molecule has 0 fully saturated rings. The first-order chi connectivity index (χ1) is 16.0. The second-order valence-electron chi connectivity index (χ2n) is 6.88. The third-order valence-electron chi connectivity index (χ3n) is 4.54. The Labute approximate surface area is 211 Å². The van der Waals surface area contributed by atoms with Gasteiger partial charge < -0.3 is 0 Å². The zero-order valence-corrected chi connectivity index (χ0v) is 20.9. The lowest BCUT2D eigenvalue weighted by atomic mass is 10.1. The number of nitro benzene ring substituents is 1. The lowest BCUT2D eigenvalue weighted by Crippen LogP contribution is -2.12. The summed E-state index contributed by atoms with van der Waals surface area (Å²) < 4.78 is 50.4. The Morgan fingerprint density at radius 2 is 1.59 bits per heavy atom. The number of sulfonamides is 1. The highest BCUT2D eigenvalue weighted by Gasteiger charge is 2.22. The summed E-state index contributed by atoms with van der Waals surface area (Å²) in [4.78, 5) is 23.7. The number of rotatable bonds is 8. The maximum atomic E-state index is 13.8. The van der Waals surface area contributed by atoms with Crippen molar-refractivity contribution in [2.75, 3.05) is 0 Å². The SMILES string of the molecule is NS(=O)(=O)c1ccc(C(=O)C(SCc2ccc(F)cc2)=C(I)c2ccc(F)c([N+](=O)[O-])c2)cc1. The summed E-state index contributed by atoms with van der Waals surface area (Å²) in [6.07, 6.45) is 0. The molecule has 0 unspecified atom stereocenters. The number of nitrogens with two attached hydrogens (primary N) is 1. The minimum atomic E-state index is -3.95. The molecule has 0 aromatic heterocycles. The summed E-state index contributed by atoms with van der Waals surface area (Å²) >= 11 is 2.96. The van der Waals surface area contributed by atoms with Gasteiger partial charge in [0.05, 0.1) is 14.7 Å². The number of hydrogen-bond acceptors (Lipinski definition) is 6. The molecule has 176 valence electrons. The van der Waals surface area contributed by atoms with E-state index in [1.165, 1.54) is 42.5 Å². The Hall–Kier alpha value is -2.68. The highest BCUT2D eigenvalue weighted by molar-refractivity contribution is 14.1. The molecule has 0 saturated heterocycles. The zero-order chi connectivity index (χ0) is 25.0. The van der Waals surface area contributed by atoms with Gasteiger partial charge in [-0.3, -0.25) is 14.9 Å². The van der Waals surface area contributed by atoms with Crippen LogP contribution in [0.25, 0.3) is 3.58 Å². The van der Waals surface area contributed by atoms with Crippen LogP contribution >= 0.6 is 34.4 Å². The normalized spacial score (nSPS) is 12.2. The Balaban J connectivity index is 2.05. The number of thioether (sulfide) groups is 1. The third-order valence-corrected chi connectivity index (χ3v) is 8.16. The quantitative estimate of drug-likeness (QED) is 0.118. The molecule has 0 aliphatic rings. The molecule has 0 saturated carbocycles. The molecule has 3 aromatic carbocycles. The highest BCUT2D eigenvalue weighted by atomic mass is 127. The van der Waals surface area contributed by atoms with E-state index in [-0.39, 0.29) is 26.7 Å². The number of Topliss-reactive ketones (excluding diaryl/α,β-unsaturated/α-hetero) is 1. The van der Waals surface area contributed by atoms with E-state index in [2.05, 4.69) is 0 Å². The summed E-state index contributed by atoms with van der Waals surface area (Å²) in [7, 11) is -3.95. The van der Waals surface area contributed by atoms with Gasteiger partial charge in [0.1, 0.15) is 5.82 Å². The van der Waals surface area contributed by atoms with Crippen molar-refractivity contribution in [2.45, 2.75) is 10.6 Å². The molecular formula is C22H15F2IN2O5S2. The predicted octanol–water partition coefficient (Wildman–Crippen LogP) is 5.44. The van der Waals surface area contributed by atoms with Crippen molar-refractivity contribution < 1.29 is 26.9 Å². The second-order valence-corrected chi connectivity index (χ2v) is 10.5. The van der Waals surface area contributed by atoms with E-state index < -0.39 is 38.1 Å². The van der Waals surface area contributed by atoms with Gasteiger partial charge in [-0.05, 0) is 76.2 Å². The molecule has 3 rings (SSSR count). The van der Waals surface area contributed by atoms with Crippen LogP contribution in [0, 0.1) is 21.7 Å². The van der Waals surface area contributed by atoms with Crippen molar-refractivity contribution in [1.29, 1.82) is 0 Å². The summed E-state index contributed by atoms with van der Waals surface area (Å²) in [5.74, 6) is -1.64. The molecule has 0 heterocycles. The summed E-state index contributed by atoms with van der Waals surface area (Å²) in [5, 5.41) is 16.3. The van der Waals surface area contributed by atoms with Crippen molar-refractivity contribution in [2.24, 2.45) is 5.14 Å². The van der Waals surface area contributed by atoms with E-state index in [0.29, 0.717) is 3.58 Å². The second kappa shape index (κ2) is 10.7. The first kappa shape index (κ1) is 25.9. The summed E-state index contributed by atoms with van der Waals surface area (Å²) in [5.41, 5.74) is 0.389. The largest absolute Gasteiger partial charge is 0.305 e. The van der Waals surface area contributed by atoms with Crippen LogP contribution in [0.15, 0.2) is 76.5 Å². The molecular weight excluding hydrogens is 601 g/mol. The smallest absolute Gasteiger partial charge is 0.288 e. The molecule has 0 spiro atoms. The van der Waals surface area contributed by atoms with Crippen LogP contribution in [0.1, 0.15) is 21.5 Å². The van der Waals surface area contributed by atoms with E-state index in [4.69, 9.17) is 5.14 Å². The van der Waals surface area contributed by atoms with Crippen LogP contribution in [0.3, 0.4) is 0 Å². The number of carbonyl (C=O) groups is 1. The molecule has 3 aromatic rings. The molecule has 0 atom stereocenters. The van der Waals surface area contributed by atoms with E-state index in [1.54, 1.807) is 12.1 Å². The van der Waals surface area contributed by atoms with Gasteiger partial charge in [0.15, 0.2) is 5.78 Å². The van der Waals surface area contributed by atoms with Crippen LogP contribution in [-0.2, 0) is 15.8 Å². The van der Waals surface area contributed by atoms with Crippen molar-refractivity contribution >= 4 is 59.4 Å². The number of halogens is 3. The number of allylic oxidation sites excluding steroid dienone is 1. The topological polar surface area (TPSA) is 120 Å². The van der Waals surface area contributed by atoms with Crippen molar-refractivity contribution in [3.05, 3.63) is 110 Å². The van der Waals surface area contributed by atoms with Crippen molar-refractivity contribution in [3.63, 3.8) is 0 Å². The Bertz CT molecular complexity index is 1390. The molecule has 0 amide bonds. The Morgan fingerprint density at radius 3 is 2.15 bits per heavy atom. The number of ketones is 1. The van der Waals surface area contributed by atoms with Crippen molar-refractivity contribution in [1.82, 2.24) is 0 Å². The lowest BCUT2D eigenvalue weighted by Gasteiger charge is -2.12. The van der Waals surface area contributed by atoms with Gasteiger partial charge in [-0.25, -0.2) is 17.9 Å². The summed E-state index contributed by atoms with van der Waals surface area (Å²) in [6, 6.07) is 14.0. The van der Waals surface area contributed by atoms with Gasteiger partial charge in [0, 0.05) is 21.0 Å². The number of primary sulfonamides is 1. The van der Waals surface area contributed by atoms with Gasteiger partial charge in [-0.2, -0.15) is 4.39 Å². The average Bonchev–Trinajstić information content (AvgIpc) is 2.79. The first-order valence-electron chi connectivity index (χ1n) is 9.36. The maximum absolute atomic E-state index is 13.8. The standard InChI is InChI=1S/C22H15F2IN2O5S2/c23-16-6-1-13(2-7-16)12-33-22(20(25)15-5-10-18(24)19(11-15)27(29)30)21(28)14-3-8-17(9-4-14)34(26,31)32/h1-11H,12H2,(H2,26,31,32). The third kappa shape index (κ3) is 6.25. The van der Waals surface area contributed by atoms with E-state index in [9.17, 15) is 32.1 Å². The average molecular weight is 616 g/mol. The monoisotopic (exact) mass is 616 g/mol. The number of nitrogens with zero attached hydrogens (tertiary/aromatic N) is 1. The molecule has 2 N–H and O–H groups in total. The number of benzene rings is 3. The Morgan fingerprint density at radius 1 is 1.00 bits per heavy atom. The van der Waals surface area contributed by atoms with Crippen molar-refractivity contribution in [3.8, 4) is 0 Å². The molecule has 0 aliphatic carbocycles. The minimum absolute atomic E-state index is 0.153. The Kier molecular flexibility index (Phi) is 8.17. The predicted molar refractivity (Wildman–Crippen MR) is 134 cm³/mol. The van der Waals surface area contributed by atoms with E-state index in [1.807, 2.05) is 22.6 Å². The fourth-order valence-corrected chi connectivity index (χ4v) is 5.37. The van der Waals surface area contributed by atoms with Gasteiger partial charge in [-0.15, -0.1) is 11.8 Å². The van der Waals surface area contributed by atoms with Crippen LogP contribution in [0.2, 0.25) is 0 Å². The van der Waals surface area contributed by atoms with Crippen LogP contribution in [-0.4, -0.2) is 19.1 Å². The fourth-order valence-electron chi connectivity index (χ4n) is 2.81. The number of hydrogen-bond donors (Lipinski definition) is 1. The zero-order valence-electron chi connectivity index (χ0n) is 17.1. The van der Waals surface area contributed by atoms with Crippen LogP contribution < -0.4 is 5.14 Å².